The van der Waals surface area contributed by atoms with E-state index in [1.165, 1.54) is 7.11 Å². The van der Waals surface area contributed by atoms with Crippen LogP contribution in [-0.4, -0.2) is 25.4 Å². The minimum atomic E-state index is -0.788. The molecule has 15 heavy (non-hydrogen) atoms. The van der Waals surface area contributed by atoms with Crippen molar-refractivity contribution in [3.63, 3.8) is 0 Å². The van der Waals surface area contributed by atoms with Crippen molar-refractivity contribution >= 4 is 7.12 Å². The average Bonchev–Trinajstić information content (AvgIpc) is 2.28. The number of hydrogen-bond donors (Lipinski definition) is 1. The topological polar surface area (TPSA) is 38.7 Å². The Balaban J connectivity index is 2.52. The van der Waals surface area contributed by atoms with Crippen LogP contribution in [0, 0.1) is 0 Å². The van der Waals surface area contributed by atoms with E-state index < -0.39 is 7.12 Å². The molecule has 0 aromatic heterocycles. The van der Waals surface area contributed by atoms with E-state index in [-0.39, 0.29) is 11.9 Å². The Hall–Kier alpha value is -0.995. The highest BCUT2D eigenvalue weighted by Crippen LogP contribution is 2.20. The fraction of sp³-hybridized carbons (Fsp3) is 0.455. The second kappa shape index (κ2) is 5.78. The predicted octanol–water partition coefficient (Wildman–Crippen LogP) is 1.97. The van der Waals surface area contributed by atoms with Gasteiger partial charge in [0.25, 0.3) is 0 Å². The van der Waals surface area contributed by atoms with Gasteiger partial charge in [-0.15, -0.1) is 0 Å². The molecule has 1 N–H and O–H groups in total. The zero-order valence-electron chi connectivity index (χ0n) is 9.38. The summed E-state index contributed by atoms with van der Waals surface area (Å²) in [6.07, 6.45) is -0.0950. The highest BCUT2D eigenvalue weighted by atomic mass is 16.5. The van der Waals surface area contributed by atoms with Gasteiger partial charge >= 0.3 is 7.12 Å². The average molecular weight is 208 g/mol. The first-order chi connectivity index (χ1) is 7.15. The lowest BCUT2D eigenvalue weighted by Crippen LogP contribution is -2.31. The zero-order chi connectivity index (χ0) is 11.3. The first-order valence-electron chi connectivity index (χ1n) is 5.07. The standard InChI is InChI=1S/C11H17BO3/c1-9(12(13)14-3)10(2)15-11-7-5-4-6-8-11/h4-10,13H,1-3H3/t9?,10-/m0/s1. The Labute approximate surface area is 91.2 Å². The normalized spacial score (nSPS) is 14.4. The Bertz CT molecular complexity index is 278. The molecule has 0 radical (unpaired) electrons. The highest BCUT2D eigenvalue weighted by Gasteiger charge is 2.27. The lowest BCUT2D eigenvalue weighted by Gasteiger charge is -2.22. The summed E-state index contributed by atoms with van der Waals surface area (Å²) in [5.41, 5.74) is 0. The molecule has 0 fully saturated rings. The van der Waals surface area contributed by atoms with Crippen LogP contribution in [0.3, 0.4) is 0 Å². The fourth-order valence-corrected chi connectivity index (χ4v) is 1.27. The van der Waals surface area contributed by atoms with Gasteiger partial charge in [-0.2, -0.15) is 0 Å². The molecule has 0 saturated carbocycles. The van der Waals surface area contributed by atoms with Gasteiger partial charge in [0.15, 0.2) is 0 Å². The highest BCUT2D eigenvalue weighted by molar-refractivity contribution is 6.44. The molecule has 0 saturated heterocycles. The van der Waals surface area contributed by atoms with Crippen molar-refractivity contribution in [2.75, 3.05) is 7.11 Å². The summed E-state index contributed by atoms with van der Waals surface area (Å²) < 4.78 is 10.5. The second-order valence-electron chi connectivity index (χ2n) is 3.62. The van der Waals surface area contributed by atoms with Gasteiger partial charge in [0.1, 0.15) is 5.75 Å². The van der Waals surface area contributed by atoms with Crippen molar-refractivity contribution in [2.24, 2.45) is 0 Å². The van der Waals surface area contributed by atoms with Gasteiger partial charge in [-0.1, -0.05) is 25.1 Å². The fourth-order valence-electron chi connectivity index (χ4n) is 1.27. The first-order valence-corrected chi connectivity index (χ1v) is 5.07. The first kappa shape index (κ1) is 12.1. The summed E-state index contributed by atoms with van der Waals surface area (Å²) in [6, 6.07) is 9.55. The summed E-state index contributed by atoms with van der Waals surface area (Å²) >= 11 is 0. The minimum Gasteiger partial charge on any atom is -0.491 e. The lowest BCUT2D eigenvalue weighted by atomic mass is 9.70. The number of hydrogen-bond acceptors (Lipinski definition) is 3. The molecule has 1 aromatic rings. The van der Waals surface area contributed by atoms with Crippen LogP contribution in [0.5, 0.6) is 5.75 Å². The van der Waals surface area contributed by atoms with Gasteiger partial charge in [-0.25, -0.2) is 0 Å². The molecule has 3 nitrogen and oxygen atoms in total. The molecule has 1 aromatic carbocycles. The number of benzene rings is 1. The van der Waals surface area contributed by atoms with E-state index in [0.717, 1.165) is 5.75 Å². The van der Waals surface area contributed by atoms with Crippen LogP contribution in [-0.2, 0) is 4.65 Å². The van der Waals surface area contributed by atoms with E-state index in [0.29, 0.717) is 0 Å². The minimum absolute atomic E-state index is 0.0739. The molecule has 0 bridgehead atoms. The predicted molar refractivity (Wildman–Crippen MR) is 60.9 cm³/mol. The van der Waals surface area contributed by atoms with Crippen LogP contribution in [0.1, 0.15) is 13.8 Å². The molecule has 2 atom stereocenters. The Morgan fingerprint density at radius 3 is 2.33 bits per heavy atom. The molecule has 1 unspecified atom stereocenters. The SMILES string of the molecule is COB(O)C(C)[C@H](C)Oc1ccccc1. The van der Waals surface area contributed by atoms with Gasteiger partial charge in [-0.05, 0) is 19.1 Å². The maximum atomic E-state index is 9.47. The Morgan fingerprint density at radius 1 is 1.20 bits per heavy atom. The smallest absolute Gasteiger partial charge is 0.460 e. The maximum Gasteiger partial charge on any atom is 0.460 e. The summed E-state index contributed by atoms with van der Waals surface area (Å²) in [7, 11) is 0.694. The van der Waals surface area contributed by atoms with Crippen LogP contribution in [0.15, 0.2) is 30.3 Å². The molecule has 0 aliphatic carbocycles. The van der Waals surface area contributed by atoms with Crippen LogP contribution >= 0.6 is 0 Å². The lowest BCUT2D eigenvalue weighted by molar-refractivity contribution is 0.192. The van der Waals surface area contributed by atoms with E-state index >= 15 is 0 Å². The quantitative estimate of drug-likeness (QED) is 0.751. The molecule has 82 valence electrons. The zero-order valence-corrected chi connectivity index (χ0v) is 9.38. The summed E-state index contributed by atoms with van der Waals surface area (Å²) in [5.74, 6) is 0.732. The van der Waals surface area contributed by atoms with Crippen molar-refractivity contribution in [1.82, 2.24) is 0 Å². The van der Waals surface area contributed by atoms with Crippen molar-refractivity contribution in [3.05, 3.63) is 30.3 Å². The number of rotatable bonds is 5. The third kappa shape index (κ3) is 3.57. The largest absolute Gasteiger partial charge is 0.491 e. The molecule has 0 amide bonds. The van der Waals surface area contributed by atoms with Crippen molar-refractivity contribution in [3.8, 4) is 5.75 Å². The molecular weight excluding hydrogens is 191 g/mol. The van der Waals surface area contributed by atoms with Crippen molar-refractivity contribution in [1.29, 1.82) is 0 Å². The van der Waals surface area contributed by atoms with Crippen molar-refractivity contribution in [2.45, 2.75) is 25.8 Å². The molecule has 0 spiro atoms. The molecule has 0 aliphatic heterocycles. The summed E-state index contributed by atoms with van der Waals surface area (Å²) in [5, 5.41) is 9.47. The van der Waals surface area contributed by atoms with Gasteiger partial charge < -0.3 is 14.4 Å². The van der Waals surface area contributed by atoms with E-state index in [4.69, 9.17) is 9.39 Å². The molecule has 0 heterocycles. The Morgan fingerprint density at radius 2 is 1.80 bits per heavy atom. The van der Waals surface area contributed by atoms with Crippen LogP contribution in [0.4, 0.5) is 0 Å². The number of para-hydroxylation sites is 1. The van der Waals surface area contributed by atoms with E-state index in [1.807, 2.05) is 44.2 Å². The van der Waals surface area contributed by atoms with E-state index in [1.54, 1.807) is 0 Å². The second-order valence-corrected chi connectivity index (χ2v) is 3.62. The third-order valence-corrected chi connectivity index (χ3v) is 2.50. The molecule has 0 aliphatic rings. The van der Waals surface area contributed by atoms with E-state index in [2.05, 4.69) is 0 Å². The van der Waals surface area contributed by atoms with Gasteiger partial charge in [0.2, 0.25) is 0 Å². The van der Waals surface area contributed by atoms with Crippen LogP contribution in [0.25, 0.3) is 0 Å². The monoisotopic (exact) mass is 208 g/mol. The Kier molecular flexibility index (Phi) is 4.65. The van der Waals surface area contributed by atoms with Gasteiger partial charge in [0, 0.05) is 12.9 Å². The van der Waals surface area contributed by atoms with Gasteiger partial charge in [-0.3, -0.25) is 0 Å². The molecular formula is C11H17BO3. The summed E-state index contributed by atoms with van der Waals surface area (Å²) in [6.45, 7) is 3.81. The third-order valence-electron chi connectivity index (χ3n) is 2.50. The van der Waals surface area contributed by atoms with Crippen molar-refractivity contribution < 1.29 is 14.4 Å². The summed E-state index contributed by atoms with van der Waals surface area (Å²) in [4.78, 5) is 0. The van der Waals surface area contributed by atoms with Crippen LogP contribution < -0.4 is 4.74 Å². The van der Waals surface area contributed by atoms with E-state index in [9.17, 15) is 5.02 Å². The number of ether oxygens (including phenoxy) is 1. The van der Waals surface area contributed by atoms with Gasteiger partial charge in [0.05, 0.1) is 6.10 Å². The van der Waals surface area contributed by atoms with Crippen LogP contribution in [0.2, 0.25) is 5.82 Å². The molecule has 4 heteroatoms. The molecule has 1 rings (SSSR count). The maximum absolute atomic E-state index is 9.47.